The molecule has 6 heteroatoms. The molecule has 6 N–H and O–H groups in total. The average Bonchev–Trinajstić information content (AvgIpc) is 2.96. The second-order valence-corrected chi connectivity index (χ2v) is 5.32. The van der Waals surface area contributed by atoms with E-state index in [9.17, 15) is 0 Å². The maximum atomic E-state index is 6.02. The SMILES string of the molecule is CN=C(C)C(=CN)c1cc(N2CC[C@@H](NC)C2)cc(N)[nH+]1. The van der Waals surface area contributed by atoms with Gasteiger partial charge in [0.2, 0.25) is 0 Å². The molecule has 0 spiro atoms. The van der Waals surface area contributed by atoms with E-state index in [4.69, 9.17) is 11.5 Å². The molecule has 1 saturated heterocycles. The van der Waals surface area contributed by atoms with Crippen molar-refractivity contribution in [1.82, 2.24) is 5.32 Å². The lowest BCUT2D eigenvalue weighted by Gasteiger charge is -2.19. The number of nitrogen functional groups attached to an aromatic ring is 1. The van der Waals surface area contributed by atoms with Crippen molar-refractivity contribution in [2.75, 3.05) is 37.8 Å². The van der Waals surface area contributed by atoms with Gasteiger partial charge in [0.05, 0.1) is 11.6 Å². The topological polar surface area (TPSA) is 93.8 Å². The number of allylic oxidation sites excluding steroid dienone is 1. The molecule has 1 aromatic rings. The van der Waals surface area contributed by atoms with Crippen LogP contribution in [0.3, 0.4) is 0 Å². The number of aliphatic imine (C=N–C) groups is 1. The number of nitrogens with zero attached hydrogens (tertiary/aromatic N) is 2. The Balaban J connectivity index is 2.34. The largest absolute Gasteiger partial charge is 0.404 e. The van der Waals surface area contributed by atoms with Crippen molar-refractivity contribution < 1.29 is 4.98 Å². The number of pyridine rings is 1. The van der Waals surface area contributed by atoms with Gasteiger partial charge in [0, 0.05) is 49.8 Å². The molecule has 0 aliphatic carbocycles. The molecule has 1 aliphatic rings. The van der Waals surface area contributed by atoms with Gasteiger partial charge >= 0.3 is 0 Å². The molecule has 114 valence electrons. The number of aromatic amines is 1. The molecule has 0 radical (unpaired) electrons. The second kappa shape index (κ2) is 6.58. The van der Waals surface area contributed by atoms with Crippen molar-refractivity contribution in [1.29, 1.82) is 0 Å². The summed E-state index contributed by atoms with van der Waals surface area (Å²) in [5.74, 6) is 0.624. The normalized spacial score (nSPS) is 20.1. The lowest BCUT2D eigenvalue weighted by molar-refractivity contribution is -0.363. The molecule has 0 unspecified atom stereocenters. The van der Waals surface area contributed by atoms with Crippen molar-refractivity contribution in [3.05, 3.63) is 24.0 Å². The van der Waals surface area contributed by atoms with E-state index in [-0.39, 0.29) is 0 Å². The average molecular weight is 289 g/mol. The number of nitrogens with two attached hydrogens (primary N) is 2. The monoisotopic (exact) mass is 289 g/mol. The molecule has 0 amide bonds. The Morgan fingerprint density at radius 1 is 1.52 bits per heavy atom. The van der Waals surface area contributed by atoms with Gasteiger partial charge in [0.25, 0.3) is 5.82 Å². The fraction of sp³-hybridized carbons (Fsp3) is 0.467. The third-order valence-electron chi connectivity index (χ3n) is 4.02. The van der Waals surface area contributed by atoms with Crippen LogP contribution in [-0.4, -0.2) is 38.9 Å². The summed E-state index contributed by atoms with van der Waals surface area (Å²) >= 11 is 0. The third kappa shape index (κ3) is 3.33. The maximum Gasteiger partial charge on any atom is 0.272 e. The van der Waals surface area contributed by atoms with Gasteiger partial charge in [-0.05, 0) is 20.4 Å². The summed E-state index contributed by atoms with van der Waals surface area (Å²) in [6.45, 7) is 3.95. The minimum absolute atomic E-state index is 0.530. The Hall–Kier alpha value is -2.08. The molecule has 0 saturated carbocycles. The molecule has 2 heterocycles. The number of anilines is 2. The number of hydrogen-bond acceptors (Lipinski definition) is 5. The first-order valence-electron chi connectivity index (χ1n) is 7.20. The molecule has 0 bridgehead atoms. The maximum absolute atomic E-state index is 6.02. The number of hydrogen-bond donors (Lipinski definition) is 3. The van der Waals surface area contributed by atoms with Crippen LogP contribution in [0.2, 0.25) is 0 Å². The first-order chi connectivity index (χ1) is 10.1. The summed E-state index contributed by atoms with van der Waals surface area (Å²) in [4.78, 5) is 9.71. The highest BCUT2D eigenvalue weighted by atomic mass is 15.2. The zero-order valence-electron chi connectivity index (χ0n) is 13.0. The van der Waals surface area contributed by atoms with E-state index in [1.54, 1.807) is 13.2 Å². The molecule has 6 nitrogen and oxygen atoms in total. The van der Waals surface area contributed by atoms with E-state index in [0.29, 0.717) is 11.9 Å². The summed E-state index contributed by atoms with van der Waals surface area (Å²) in [6.07, 6.45) is 2.71. The lowest BCUT2D eigenvalue weighted by Crippen LogP contribution is -2.30. The predicted molar refractivity (Wildman–Crippen MR) is 88.3 cm³/mol. The Bertz CT molecular complexity index is 563. The van der Waals surface area contributed by atoms with Gasteiger partial charge in [-0.15, -0.1) is 0 Å². The minimum atomic E-state index is 0.530. The first kappa shape index (κ1) is 15.3. The van der Waals surface area contributed by atoms with Crippen LogP contribution in [-0.2, 0) is 0 Å². The summed E-state index contributed by atoms with van der Waals surface area (Å²) < 4.78 is 0. The quantitative estimate of drug-likeness (QED) is 0.694. The van der Waals surface area contributed by atoms with E-state index in [1.165, 1.54) is 0 Å². The molecular formula is C15H25N6+. The van der Waals surface area contributed by atoms with Gasteiger partial charge in [-0.2, -0.15) is 0 Å². The number of rotatable bonds is 4. The fourth-order valence-electron chi connectivity index (χ4n) is 2.66. The van der Waals surface area contributed by atoms with Crippen LogP contribution in [0, 0.1) is 0 Å². The standard InChI is InChI=1S/C15H24N6/c1-10(18-2)13(8-16)14-6-12(7-15(17)20-14)21-5-4-11(9-21)19-3/h6-8,11,19H,4-5,9,16H2,1-3H3,(H2,17,20)/p+1/t11-/m1/s1. The number of aromatic nitrogens is 1. The minimum Gasteiger partial charge on any atom is -0.404 e. The number of likely N-dealkylation sites (N-methyl/N-ethyl adjacent to an activating group) is 1. The number of H-pyrrole nitrogens is 1. The van der Waals surface area contributed by atoms with Crippen molar-refractivity contribution >= 4 is 22.8 Å². The van der Waals surface area contributed by atoms with Gasteiger partial charge < -0.3 is 16.0 Å². The Morgan fingerprint density at radius 3 is 2.86 bits per heavy atom. The van der Waals surface area contributed by atoms with E-state index < -0.39 is 0 Å². The van der Waals surface area contributed by atoms with Crippen LogP contribution in [0.1, 0.15) is 19.0 Å². The summed E-state index contributed by atoms with van der Waals surface area (Å²) in [5.41, 5.74) is 15.5. The van der Waals surface area contributed by atoms with Gasteiger partial charge in [0.1, 0.15) is 5.69 Å². The zero-order chi connectivity index (χ0) is 15.4. The number of nitrogens with one attached hydrogen (secondary N) is 2. The van der Waals surface area contributed by atoms with Gasteiger partial charge in [-0.3, -0.25) is 10.7 Å². The third-order valence-corrected chi connectivity index (χ3v) is 4.02. The Morgan fingerprint density at radius 2 is 2.29 bits per heavy atom. The van der Waals surface area contributed by atoms with Crippen molar-refractivity contribution in [3.8, 4) is 0 Å². The van der Waals surface area contributed by atoms with Crippen LogP contribution >= 0.6 is 0 Å². The van der Waals surface area contributed by atoms with Crippen LogP contribution < -0.4 is 26.7 Å². The van der Waals surface area contributed by atoms with Crippen molar-refractivity contribution in [3.63, 3.8) is 0 Å². The molecule has 1 atom stereocenters. The summed E-state index contributed by atoms with van der Waals surface area (Å²) in [7, 11) is 3.76. The predicted octanol–water partition coefficient (Wildman–Crippen LogP) is 0.271. The molecule has 0 aromatic carbocycles. The van der Waals surface area contributed by atoms with E-state index in [2.05, 4.69) is 26.3 Å². The highest BCUT2D eigenvalue weighted by Crippen LogP contribution is 2.24. The van der Waals surface area contributed by atoms with Crippen molar-refractivity contribution in [2.24, 2.45) is 10.7 Å². The van der Waals surface area contributed by atoms with Crippen LogP contribution in [0.25, 0.3) is 5.57 Å². The van der Waals surface area contributed by atoms with Gasteiger partial charge in [-0.1, -0.05) is 0 Å². The zero-order valence-corrected chi connectivity index (χ0v) is 13.0. The van der Waals surface area contributed by atoms with E-state index >= 15 is 0 Å². The molecule has 1 aromatic heterocycles. The summed E-state index contributed by atoms with van der Waals surface area (Å²) in [5, 5.41) is 3.32. The Labute approximate surface area is 125 Å². The van der Waals surface area contributed by atoms with Crippen molar-refractivity contribution in [2.45, 2.75) is 19.4 Å². The Kier molecular flexibility index (Phi) is 4.80. The highest BCUT2D eigenvalue weighted by molar-refractivity contribution is 6.21. The molecular weight excluding hydrogens is 264 g/mol. The smallest absolute Gasteiger partial charge is 0.272 e. The molecule has 2 rings (SSSR count). The summed E-state index contributed by atoms with van der Waals surface area (Å²) in [6, 6.07) is 4.58. The first-order valence-corrected chi connectivity index (χ1v) is 7.20. The van der Waals surface area contributed by atoms with Crippen LogP contribution in [0.15, 0.2) is 23.3 Å². The lowest BCUT2D eigenvalue weighted by atomic mass is 10.1. The molecule has 21 heavy (non-hydrogen) atoms. The second-order valence-electron chi connectivity index (χ2n) is 5.32. The van der Waals surface area contributed by atoms with Gasteiger partial charge in [-0.25, -0.2) is 4.98 Å². The van der Waals surface area contributed by atoms with Crippen LogP contribution in [0.4, 0.5) is 11.5 Å². The van der Waals surface area contributed by atoms with E-state index in [0.717, 1.165) is 42.2 Å². The molecule has 1 fully saturated rings. The highest BCUT2D eigenvalue weighted by Gasteiger charge is 2.23. The van der Waals surface area contributed by atoms with Crippen LogP contribution in [0.5, 0.6) is 0 Å². The van der Waals surface area contributed by atoms with E-state index in [1.807, 2.05) is 20.0 Å². The molecule has 1 aliphatic heterocycles. The fourth-order valence-corrected chi connectivity index (χ4v) is 2.66. The van der Waals surface area contributed by atoms with Gasteiger partial charge in [0.15, 0.2) is 0 Å².